The van der Waals surface area contributed by atoms with Crippen LogP contribution in [0, 0.1) is 5.82 Å². The minimum atomic E-state index is -0.381. The molecule has 0 bridgehead atoms. The number of methoxy groups -OCH3 is 1. The van der Waals surface area contributed by atoms with Crippen LogP contribution in [0.3, 0.4) is 0 Å². The lowest BCUT2D eigenvalue weighted by atomic mass is 9.99. The number of morpholine rings is 1. The van der Waals surface area contributed by atoms with Crippen LogP contribution in [-0.2, 0) is 14.3 Å². The topological polar surface area (TPSA) is 76.9 Å². The number of benzene rings is 3. The maximum absolute atomic E-state index is 14.0. The zero-order valence-corrected chi connectivity index (χ0v) is 23.4. The fourth-order valence-corrected chi connectivity index (χ4v) is 6.49. The molecule has 10 heteroatoms. The number of halogens is 1. The first-order chi connectivity index (χ1) is 20.0. The van der Waals surface area contributed by atoms with Gasteiger partial charge in [0.15, 0.2) is 0 Å². The molecule has 3 heterocycles. The minimum absolute atomic E-state index is 0.144. The second kappa shape index (κ2) is 11.8. The van der Waals surface area contributed by atoms with Gasteiger partial charge in [-0.3, -0.25) is 14.5 Å². The van der Waals surface area contributed by atoms with E-state index in [-0.39, 0.29) is 35.2 Å². The second-order valence-electron chi connectivity index (χ2n) is 9.75. The van der Waals surface area contributed by atoms with E-state index in [0.29, 0.717) is 49.3 Å². The van der Waals surface area contributed by atoms with Crippen molar-refractivity contribution in [2.24, 2.45) is 0 Å². The van der Waals surface area contributed by atoms with E-state index < -0.39 is 0 Å². The highest BCUT2D eigenvalue weighted by Crippen LogP contribution is 2.50. The van der Waals surface area contributed by atoms with E-state index in [1.807, 2.05) is 54.6 Å². The molecule has 3 aromatic carbocycles. The van der Waals surface area contributed by atoms with Crippen molar-refractivity contribution in [2.45, 2.75) is 5.25 Å². The van der Waals surface area contributed by atoms with E-state index in [1.54, 1.807) is 33.7 Å². The number of amides is 2. The number of carbonyl (C=O) groups is 2. The van der Waals surface area contributed by atoms with Crippen molar-refractivity contribution in [3.05, 3.63) is 95.8 Å². The lowest BCUT2D eigenvalue weighted by molar-refractivity contribution is -0.134. The first kappa shape index (κ1) is 27.0. The normalized spacial score (nSPS) is 17.2. The molecule has 1 aromatic heterocycles. The molecular formula is C31H29FN4O4S. The Morgan fingerprint density at radius 2 is 1.73 bits per heavy atom. The maximum Gasteiger partial charge on any atom is 0.242 e. The minimum Gasteiger partial charge on any atom is -0.496 e. The molecule has 0 aliphatic carbocycles. The van der Waals surface area contributed by atoms with Gasteiger partial charge in [0.1, 0.15) is 23.9 Å². The molecule has 1 unspecified atom stereocenters. The fraction of sp³-hybridized carbons (Fsp3) is 0.258. The monoisotopic (exact) mass is 572 g/mol. The van der Waals surface area contributed by atoms with E-state index in [0.717, 1.165) is 16.7 Å². The molecular weight excluding hydrogens is 543 g/mol. The van der Waals surface area contributed by atoms with Crippen molar-refractivity contribution in [1.82, 2.24) is 14.7 Å². The van der Waals surface area contributed by atoms with Gasteiger partial charge in [0, 0.05) is 29.8 Å². The van der Waals surface area contributed by atoms with Gasteiger partial charge in [0.2, 0.25) is 11.8 Å². The van der Waals surface area contributed by atoms with Crippen molar-refractivity contribution in [3.8, 4) is 22.7 Å². The molecule has 1 fully saturated rings. The standard InChI is InChI=1S/C31H29FN4O4S/c1-39-25-10-6-5-9-24(25)30-28-29(21-7-3-2-4-8-21)33-36(23-13-11-22(32)12-14-23)31(28)35(27(38)20-41-30)19-26(37)34-15-17-40-18-16-34/h2-14,30H,15-20H2,1H3. The maximum atomic E-state index is 14.0. The number of nitrogens with zero attached hydrogens (tertiary/aromatic N) is 4. The third-order valence-electron chi connectivity index (χ3n) is 7.29. The van der Waals surface area contributed by atoms with Gasteiger partial charge in [0.05, 0.1) is 42.7 Å². The largest absolute Gasteiger partial charge is 0.496 e. The summed E-state index contributed by atoms with van der Waals surface area (Å²) in [5.41, 5.74) is 3.79. The second-order valence-corrected chi connectivity index (χ2v) is 10.8. The Labute approximate surface area is 241 Å². The van der Waals surface area contributed by atoms with Crippen molar-refractivity contribution in [1.29, 1.82) is 0 Å². The van der Waals surface area contributed by atoms with Crippen LogP contribution in [0.2, 0.25) is 0 Å². The zero-order chi connectivity index (χ0) is 28.3. The van der Waals surface area contributed by atoms with Crippen LogP contribution in [-0.4, -0.2) is 72.2 Å². The fourth-order valence-electron chi connectivity index (χ4n) is 5.27. The summed E-state index contributed by atoms with van der Waals surface area (Å²) >= 11 is 1.47. The number of thioether (sulfide) groups is 1. The first-order valence-corrected chi connectivity index (χ1v) is 14.4. The number of para-hydroxylation sites is 1. The predicted molar refractivity (Wildman–Crippen MR) is 156 cm³/mol. The number of ether oxygens (including phenoxy) is 2. The van der Waals surface area contributed by atoms with Gasteiger partial charge in [0.25, 0.3) is 0 Å². The van der Waals surface area contributed by atoms with Crippen molar-refractivity contribution >= 4 is 29.4 Å². The van der Waals surface area contributed by atoms with Crippen molar-refractivity contribution < 1.29 is 23.5 Å². The summed E-state index contributed by atoms with van der Waals surface area (Å²) in [7, 11) is 1.62. The molecule has 6 rings (SSSR count). The van der Waals surface area contributed by atoms with Gasteiger partial charge < -0.3 is 14.4 Å². The lowest BCUT2D eigenvalue weighted by Crippen LogP contribution is -2.48. The first-order valence-electron chi connectivity index (χ1n) is 13.4. The Bertz CT molecular complexity index is 1550. The highest BCUT2D eigenvalue weighted by Gasteiger charge is 2.39. The van der Waals surface area contributed by atoms with Crippen molar-refractivity contribution in [3.63, 3.8) is 0 Å². The number of anilines is 1. The van der Waals surface area contributed by atoms with Gasteiger partial charge >= 0.3 is 0 Å². The summed E-state index contributed by atoms with van der Waals surface area (Å²) in [6.07, 6.45) is 0. The smallest absolute Gasteiger partial charge is 0.242 e. The Balaban J connectivity index is 1.60. The molecule has 0 radical (unpaired) electrons. The average molecular weight is 573 g/mol. The molecule has 1 saturated heterocycles. The highest BCUT2D eigenvalue weighted by atomic mass is 32.2. The molecule has 8 nitrogen and oxygen atoms in total. The van der Waals surface area contributed by atoms with E-state index in [1.165, 1.54) is 23.9 Å². The van der Waals surface area contributed by atoms with Gasteiger partial charge in [-0.05, 0) is 30.3 Å². The van der Waals surface area contributed by atoms with Gasteiger partial charge in [-0.1, -0.05) is 48.5 Å². The summed E-state index contributed by atoms with van der Waals surface area (Å²) in [4.78, 5) is 30.7. The molecule has 0 saturated carbocycles. The van der Waals surface area contributed by atoms with Crippen LogP contribution in [0.15, 0.2) is 78.9 Å². The highest BCUT2D eigenvalue weighted by molar-refractivity contribution is 8.00. The summed E-state index contributed by atoms with van der Waals surface area (Å²) in [5, 5.41) is 4.71. The number of hydrogen-bond donors (Lipinski definition) is 0. The van der Waals surface area contributed by atoms with Crippen LogP contribution in [0.4, 0.5) is 10.2 Å². The average Bonchev–Trinajstić information content (AvgIpc) is 3.34. The Morgan fingerprint density at radius 1 is 1.02 bits per heavy atom. The number of fused-ring (bicyclic) bond motifs is 1. The van der Waals surface area contributed by atoms with Gasteiger partial charge in [-0.25, -0.2) is 9.07 Å². The van der Waals surface area contributed by atoms with E-state index in [2.05, 4.69) is 0 Å². The molecule has 210 valence electrons. The molecule has 0 N–H and O–H groups in total. The number of aromatic nitrogens is 2. The third kappa shape index (κ3) is 5.32. The Hall–Kier alpha value is -4.15. The molecule has 2 amide bonds. The molecule has 2 aliphatic heterocycles. The van der Waals surface area contributed by atoms with E-state index >= 15 is 0 Å². The molecule has 0 spiro atoms. The van der Waals surface area contributed by atoms with Gasteiger partial charge in [-0.15, -0.1) is 11.8 Å². The van der Waals surface area contributed by atoms with Gasteiger partial charge in [-0.2, -0.15) is 5.10 Å². The zero-order valence-electron chi connectivity index (χ0n) is 22.5. The summed E-state index contributed by atoms with van der Waals surface area (Å²) in [6, 6.07) is 23.5. The number of hydrogen-bond acceptors (Lipinski definition) is 6. The SMILES string of the molecule is COc1ccccc1C1SCC(=O)N(CC(=O)N2CCOCC2)c2c1c(-c1ccccc1)nn2-c1ccc(F)cc1. The van der Waals surface area contributed by atoms with Crippen LogP contribution in [0.5, 0.6) is 5.75 Å². The summed E-state index contributed by atoms with van der Waals surface area (Å²) in [6.45, 7) is 1.72. The molecule has 1 atom stereocenters. The van der Waals surface area contributed by atoms with E-state index in [9.17, 15) is 14.0 Å². The summed E-state index contributed by atoms with van der Waals surface area (Å²) < 4.78 is 26.8. The molecule has 2 aliphatic rings. The van der Waals surface area contributed by atoms with Crippen LogP contribution < -0.4 is 9.64 Å². The molecule has 41 heavy (non-hydrogen) atoms. The van der Waals surface area contributed by atoms with Crippen LogP contribution in [0.1, 0.15) is 16.4 Å². The quantitative estimate of drug-likeness (QED) is 0.333. The third-order valence-corrected chi connectivity index (χ3v) is 8.52. The summed E-state index contributed by atoms with van der Waals surface area (Å²) in [5.74, 6) is 0.566. The number of carbonyl (C=O) groups excluding carboxylic acids is 2. The van der Waals surface area contributed by atoms with Crippen LogP contribution in [0.25, 0.3) is 16.9 Å². The number of rotatable bonds is 6. The Kier molecular flexibility index (Phi) is 7.76. The lowest BCUT2D eigenvalue weighted by Gasteiger charge is -2.30. The Morgan fingerprint density at radius 3 is 2.46 bits per heavy atom. The molecule has 4 aromatic rings. The van der Waals surface area contributed by atoms with Crippen molar-refractivity contribution in [2.75, 3.05) is 50.6 Å². The predicted octanol–water partition coefficient (Wildman–Crippen LogP) is 4.72. The van der Waals surface area contributed by atoms with E-state index in [4.69, 9.17) is 14.6 Å². The van der Waals surface area contributed by atoms with Crippen LogP contribution >= 0.6 is 11.8 Å².